The maximum absolute atomic E-state index is 13.3. The molecule has 0 radical (unpaired) electrons. The van der Waals surface area contributed by atoms with Crippen LogP contribution < -0.4 is 10.1 Å². The number of carbonyl (C=O) groups excluding carboxylic acids is 2. The van der Waals surface area contributed by atoms with Gasteiger partial charge in [0.2, 0.25) is 11.8 Å². The van der Waals surface area contributed by atoms with E-state index in [1.54, 1.807) is 23.8 Å². The number of carbonyl (C=O) groups is 2. The van der Waals surface area contributed by atoms with Gasteiger partial charge in [-0.05, 0) is 42.5 Å². The van der Waals surface area contributed by atoms with Gasteiger partial charge in [-0.1, -0.05) is 62.7 Å². The summed E-state index contributed by atoms with van der Waals surface area (Å²) < 4.78 is 5.33. The molecule has 2 amide bonds. The SMILES string of the molecule is CC[C@H](C(=O)NCC(C)C)N(Cc1cccc(OC)c1)C(=O)CSCc1ccc(C)cc1. The molecule has 0 aliphatic heterocycles. The minimum atomic E-state index is -0.507. The van der Waals surface area contributed by atoms with Crippen molar-refractivity contribution in [3.05, 3.63) is 65.2 Å². The Balaban J connectivity index is 2.13. The highest BCUT2D eigenvalue weighted by atomic mass is 32.2. The van der Waals surface area contributed by atoms with E-state index in [2.05, 4.69) is 50.4 Å². The van der Waals surface area contributed by atoms with Gasteiger partial charge in [0, 0.05) is 18.8 Å². The molecule has 0 fully saturated rings. The molecule has 0 aliphatic rings. The largest absolute Gasteiger partial charge is 0.497 e. The van der Waals surface area contributed by atoms with Gasteiger partial charge in [-0.3, -0.25) is 9.59 Å². The molecule has 2 aromatic rings. The number of hydrogen-bond acceptors (Lipinski definition) is 4. The molecule has 0 unspecified atom stereocenters. The van der Waals surface area contributed by atoms with Crippen LogP contribution in [0.1, 0.15) is 43.9 Å². The third-order valence-corrected chi connectivity index (χ3v) is 6.16. The summed E-state index contributed by atoms with van der Waals surface area (Å²) >= 11 is 1.58. The van der Waals surface area contributed by atoms with Crippen molar-refractivity contribution in [1.29, 1.82) is 0 Å². The van der Waals surface area contributed by atoms with E-state index in [4.69, 9.17) is 4.74 Å². The monoisotopic (exact) mass is 456 g/mol. The first-order valence-electron chi connectivity index (χ1n) is 11.2. The number of benzene rings is 2. The second-order valence-corrected chi connectivity index (χ2v) is 9.40. The highest BCUT2D eigenvalue weighted by Crippen LogP contribution is 2.20. The van der Waals surface area contributed by atoms with Crippen LogP contribution in [0.25, 0.3) is 0 Å². The van der Waals surface area contributed by atoms with Crippen molar-refractivity contribution >= 4 is 23.6 Å². The molecule has 0 bridgehead atoms. The molecule has 1 N–H and O–H groups in total. The lowest BCUT2D eigenvalue weighted by molar-refractivity contribution is -0.139. The van der Waals surface area contributed by atoms with Gasteiger partial charge in [-0.2, -0.15) is 0 Å². The van der Waals surface area contributed by atoms with Gasteiger partial charge in [-0.25, -0.2) is 0 Å². The minimum Gasteiger partial charge on any atom is -0.497 e. The number of methoxy groups -OCH3 is 1. The maximum atomic E-state index is 13.3. The molecular formula is C26H36N2O3S. The minimum absolute atomic E-state index is 0.0310. The van der Waals surface area contributed by atoms with E-state index in [-0.39, 0.29) is 11.8 Å². The zero-order valence-corrected chi connectivity index (χ0v) is 20.7. The lowest BCUT2D eigenvalue weighted by atomic mass is 10.1. The molecule has 0 spiro atoms. The predicted octanol–water partition coefficient (Wildman–Crippen LogP) is 4.82. The lowest BCUT2D eigenvalue weighted by Crippen LogP contribution is -2.50. The lowest BCUT2D eigenvalue weighted by Gasteiger charge is -2.31. The zero-order chi connectivity index (χ0) is 23.5. The van der Waals surface area contributed by atoms with E-state index in [0.29, 0.717) is 31.2 Å². The average Bonchev–Trinajstić information content (AvgIpc) is 2.78. The number of thioether (sulfide) groups is 1. The molecular weight excluding hydrogens is 420 g/mol. The first kappa shape index (κ1) is 25.8. The van der Waals surface area contributed by atoms with Gasteiger partial charge in [0.05, 0.1) is 12.9 Å². The van der Waals surface area contributed by atoms with Crippen molar-refractivity contribution in [3.63, 3.8) is 0 Å². The van der Waals surface area contributed by atoms with E-state index in [1.807, 2.05) is 31.2 Å². The van der Waals surface area contributed by atoms with Gasteiger partial charge < -0.3 is 15.0 Å². The van der Waals surface area contributed by atoms with Crippen molar-refractivity contribution in [2.75, 3.05) is 19.4 Å². The highest BCUT2D eigenvalue weighted by Gasteiger charge is 2.28. The summed E-state index contributed by atoms with van der Waals surface area (Å²) in [5, 5.41) is 3.00. The number of nitrogens with zero attached hydrogens (tertiary/aromatic N) is 1. The van der Waals surface area contributed by atoms with Gasteiger partial charge in [0.15, 0.2) is 0 Å². The Hall–Kier alpha value is -2.47. The number of hydrogen-bond donors (Lipinski definition) is 1. The fraction of sp³-hybridized carbons (Fsp3) is 0.462. The molecule has 0 saturated heterocycles. The average molecular weight is 457 g/mol. The van der Waals surface area contributed by atoms with Crippen LogP contribution in [0, 0.1) is 12.8 Å². The molecule has 5 nitrogen and oxygen atoms in total. The normalized spacial score (nSPS) is 11.8. The summed E-state index contributed by atoms with van der Waals surface area (Å²) in [6.45, 7) is 9.09. The van der Waals surface area contributed by atoms with Crippen LogP contribution in [-0.2, 0) is 21.9 Å². The van der Waals surface area contributed by atoms with Gasteiger partial charge in [-0.15, -0.1) is 11.8 Å². The van der Waals surface area contributed by atoms with Crippen molar-refractivity contribution in [2.24, 2.45) is 5.92 Å². The predicted molar refractivity (Wildman–Crippen MR) is 133 cm³/mol. The molecule has 6 heteroatoms. The topological polar surface area (TPSA) is 58.6 Å². The Morgan fingerprint density at radius 3 is 2.44 bits per heavy atom. The zero-order valence-electron chi connectivity index (χ0n) is 19.9. The number of nitrogens with one attached hydrogen (secondary N) is 1. The van der Waals surface area contributed by atoms with Crippen LogP contribution >= 0.6 is 11.8 Å². The summed E-state index contributed by atoms with van der Waals surface area (Å²) in [5.41, 5.74) is 3.35. The first-order valence-corrected chi connectivity index (χ1v) is 12.3. The van der Waals surface area contributed by atoms with E-state index in [1.165, 1.54) is 11.1 Å². The third-order valence-electron chi connectivity index (χ3n) is 5.17. The summed E-state index contributed by atoms with van der Waals surface area (Å²) in [6.07, 6.45) is 0.558. The van der Waals surface area contributed by atoms with Crippen LogP contribution in [0.2, 0.25) is 0 Å². The summed E-state index contributed by atoms with van der Waals surface area (Å²) in [4.78, 5) is 27.9. The van der Waals surface area contributed by atoms with Crippen LogP contribution in [0.3, 0.4) is 0 Å². The fourth-order valence-corrected chi connectivity index (χ4v) is 4.20. The maximum Gasteiger partial charge on any atom is 0.242 e. The van der Waals surface area contributed by atoms with E-state index < -0.39 is 6.04 Å². The summed E-state index contributed by atoms with van der Waals surface area (Å²) in [6, 6.07) is 15.5. The van der Waals surface area contributed by atoms with E-state index in [0.717, 1.165) is 17.1 Å². The second kappa shape index (κ2) is 13.2. The number of aryl methyl sites for hydroxylation is 1. The number of rotatable bonds is 12. The number of ether oxygens (including phenoxy) is 1. The van der Waals surface area contributed by atoms with Crippen molar-refractivity contribution in [2.45, 2.75) is 52.5 Å². The molecule has 32 heavy (non-hydrogen) atoms. The van der Waals surface area contributed by atoms with Crippen molar-refractivity contribution < 1.29 is 14.3 Å². The van der Waals surface area contributed by atoms with E-state index >= 15 is 0 Å². The molecule has 0 heterocycles. The fourth-order valence-electron chi connectivity index (χ4n) is 3.33. The van der Waals surface area contributed by atoms with E-state index in [9.17, 15) is 9.59 Å². The Morgan fingerprint density at radius 2 is 1.81 bits per heavy atom. The molecule has 174 valence electrons. The molecule has 0 aromatic heterocycles. The summed E-state index contributed by atoms with van der Waals surface area (Å²) in [5.74, 6) is 2.05. The Morgan fingerprint density at radius 1 is 1.09 bits per heavy atom. The highest BCUT2D eigenvalue weighted by molar-refractivity contribution is 7.99. The van der Waals surface area contributed by atoms with Gasteiger partial charge in [0.1, 0.15) is 11.8 Å². The van der Waals surface area contributed by atoms with Crippen LogP contribution in [0.5, 0.6) is 5.75 Å². The molecule has 2 aromatic carbocycles. The number of amides is 2. The van der Waals surface area contributed by atoms with Crippen molar-refractivity contribution in [3.8, 4) is 5.75 Å². The Labute approximate surface area is 196 Å². The van der Waals surface area contributed by atoms with Crippen LogP contribution in [0.4, 0.5) is 0 Å². The van der Waals surface area contributed by atoms with Crippen molar-refractivity contribution in [1.82, 2.24) is 10.2 Å². The molecule has 0 aliphatic carbocycles. The Kier molecular flexibility index (Phi) is 10.6. The molecule has 1 atom stereocenters. The first-order chi connectivity index (χ1) is 15.3. The van der Waals surface area contributed by atoms with Gasteiger partial charge in [0.25, 0.3) is 0 Å². The quantitative estimate of drug-likeness (QED) is 0.498. The van der Waals surface area contributed by atoms with Gasteiger partial charge >= 0.3 is 0 Å². The standard InChI is InChI=1S/C26H36N2O3S/c1-6-24(26(30)27-15-19(2)3)28(16-22-8-7-9-23(14-22)31-5)25(29)18-32-17-21-12-10-20(4)11-13-21/h7-14,19,24H,6,15-18H2,1-5H3,(H,27,30)/t24-/m1/s1. The Bertz CT molecular complexity index is 868. The van der Waals surface area contributed by atoms with Crippen LogP contribution in [0.15, 0.2) is 48.5 Å². The molecule has 2 rings (SSSR count). The smallest absolute Gasteiger partial charge is 0.242 e. The summed E-state index contributed by atoms with van der Waals surface area (Å²) in [7, 11) is 1.62. The molecule has 0 saturated carbocycles. The third kappa shape index (κ3) is 8.23. The second-order valence-electron chi connectivity index (χ2n) is 8.41. The van der Waals surface area contributed by atoms with Crippen LogP contribution in [-0.4, -0.2) is 42.2 Å².